The number of aryl methyl sites for hydroxylation is 3. The van der Waals surface area contributed by atoms with Crippen molar-refractivity contribution in [3.63, 3.8) is 0 Å². The second-order valence-electron chi connectivity index (χ2n) is 3.81. The third kappa shape index (κ3) is 2.11. The van der Waals surface area contributed by atoms with Gasteiger partial charge in [-0.3, -0.25) is 9.36 Å². The first-order chi connectivity index (χ1) is 7.70. The number of nitrogens with zero attached hydrogens (tertiary/aromatic N) is 5. The van der Waals surface area contributed by atoms with E-state index in [0.29, 0.717) is 6.54 Å². The van der Waals surface area contributed by atoms with Crippen LogP contribution in [-0.4, -0.2) is 31.3 Å². The number of hydrogen-bond donors (Lipinski definition) is 1. The first-order valence-electron chi connectivity index (χ1n) is 5.31. The quantitative estimate of drug-likeness (QED) is 0.806. The highest BCUT2D eigenvalue weighted by atomic mass is 15.4. The summed E-state index contributed by atoms with van der Waals surface area (Å²) in [6.45, 7) is 3.44. The van der Waals surface area contributed by atoms with E-state index in [4.69, 9.17) is 5.73 Å². The second kappa shape index (κ2) is 4.44. The van der Waals surface area contributed by atoms with E-state index < -0.39 is 0 Å². The van der Waals surface area contributed by atoms with Crippen molar-refractivity contribution in [2.45, 2.75) is 19.9 Å². The van der Waals surface area contributed by atoms with Crippen LogP contribution in [0.5, 0.6) is 0 Å². The van der Waals surface area contributed by atoms with Crippen molar-refractivity contribution in [2.24, 2.45) is 12.8 Å². The molecule has 0 spiro atoms. The van der Waals surface area contributed by atoms with Crippen molar-refractivity contribution in [1.82, 2.24) is 24.8 Å². The first kappa shape index (κ1) is 10.8. The molecule has 2 aromatic rings. The summed E-state index contributed by atoms with van der Waals surface area (Å²) < 4.78 is 3.60. The molecule has 0 fully saturated rings. The maximum atomic E-state index is 5.45. The van der Waals surface area contributed by atoms with Gasteiger partial charge in [0.15, 0.2) is 0 Å². The molecule has 0 unspecified atom stereocenters. The zero-order valence-corrected chi connectivity index (χ0v) is 9.59. The van der Waals surface area contributed by atoms with Crippen LogP contribution in [0.1, 0.15) is 12.1 Å². The Morgan fingerprint density at radius 3 is 2.81 bits per heavy atom. The molecule has 16 heavy (non-hydrogen) atoms. The minimum atomic E-state index is 0.668. The lowest BCUT2D eigenvalue weighted by Gasteiger charge is -1.95. The zero-order valence-electron chi connectivity index (χ0n) is 9.59. The number of rotatable bonds is 4. The standard InChI is InChI=1S/C10H16N6/c1-8-9(6-15(2)13-8)10-7-16(14-12-10)5-3-4-11/h6-7H,3-5,11H2,1-2H3. The molecule has 6 heteroatoms. The largest absolute Gasteiger partial charge is 0.330 e. The summed E-state index contributed by atoms with van der Waals surface area (Å²) in [6, 6.07) is 0. The van der Waals surface area contributed by atoms with Gasteiger partial charge in [-0.15, -0.1) is 5.10 Å². The van der Waals surface area contributed by atoms with Gasteiger partial charge in [-0.2, -0.15) is 5.10 Å². The fourth-order valence-electron chi connectivity index (χ4n) is 1.64. The SMILES string of the molecule is Cc1nn(C)cc1-c1cn(CCCN)nn1. The minimum Gasteiger partial charge on any atom is -0.330 e. The fraction of sp³-hybridized carbons (Fsp3) is 0.500. The summed E-state index contributed by atoms with van der Waals surface area (Å²) in [5, 5.41) is 12.5. The summed E-state index contributed by atoms with van der Waals surface area (Å²) in [5.74, 6) is 0. The maximum absolute atomic E-state index is 5.45. The molecule has 2 rings (SSSR count). The van der Waals surface area contributed by atoms with Gasteiger partial charge in [-0.1, -0.05) is 5.21 Å². The van der Waals surface area contributed by atoms with Gasteiger partial charge in [0.1, 0.15) is 5.69 Å². The van der Waals surface area contributed by atoms with Gasteiger partial charge >= 0.3 is 0 Å². The Kier molecular flexibility index (Phi) is 3.00. The van der Waals surface area contributed by atoms with Crippen molar-refractivity contribution in [2.75, 3.05) is 6.54 Å². The fourth-order valence-corrected chi connectivity index (χ4v) is 1.64. The highest BCUT2D eigenvalue weighted by molar-refractivity contribution is 5.59. The molecule has 0 amide bonds. The molecule has 0 aliphatic carbocycles. The van der Waals surface area contributed by atoms with Gasteiger partial charge in [-0.25, -0.2) is 0 Å². The van der Waals surface area contributed by atoms with Crippen LogP contribution in [0.4, 0.5) is 0 Å². The van der Waals surface area contributed by atoms with Crippen molar-refractivity contribution in [1.29, 1.82) is 0 Å². The molecular weight excluding hydrogens is 204 g/mol. The van der Waals surface area contributed by atoms with Gasteiger partial charge in [0.05, 0.1) is 11.9 Å². The summed E-state index contributed by atoms with van der Waals surface area (Å²) in [4.78, 5) is 0. The average molecular weight is 220 g/mol. The van der Waals surface area contributed by atoms with Crippen molar-refractivity contribution in [3.05, 3.63) is 18.1 Å². The normalized spacial score (nSPS) is 10.9. The molecular formula is C10H16N6. The van der Waals surface area contributed by atoms with Crippen LogP contribution in [-0.2, 0) is 13.6 Å². The molecule has 0 aliphatic heterocycles. The van der Waals surface area contributed by atoms with E-state index in [0.717, 1.165) is 29.9 Å². The van der Waals surface area contributed by atoms with E-state index in [-0.39, 0.29) is 0 Å². The van der Waals surface area contributed by atoms with Crippen LogP contribution in [0.3, 0.4) is 0 Å². The average Bonchev–Trinajstić information content (AvgIpc) is 2.82. The number of nitrogens with two attached hydrogens (primary N) is 1. The molecule has 0 aromatic carbocycles. The topological polar surface area (TPSA) is 74.5 Å². The van der Waals surface area contributed by atoms with Crippen molar-refractivity contribution < 1.29 is 0 Å². The summed E-state index contributed by atoms with van der Waals surface area (Å²) in [6.07, 6.45) is 4.79. The third-order valence-corrected chi connectivity index (χ3v) is 2.42. The van der Waals surface area contributed by atoms with Crippen LogP contribution in [0, 0.1) is 6.92 Å². The van der Waals surface area contributed by atoms with Crippen LogP contribution < -0.4 is 5.73 Å². The van der Waals surface area contributed by atoms with E-state index in [1.54, 1.807) is 4.68 Å². The number of hydrogen-bond acceptors (Lipinski definition) is 4. The lowest BCUT2D eigenvalue weighted by Crippen LogP contribution is -2.06. The predicted octanol–water partition coefficient (Wildman–Crippen LogP) is 0.336. The van der Waals surface area contributed by atoms with Gasteiger partial charge in [0, 0.05) is 25.4 Å². The van der Waals surface area contributed by atoms with Crippen molar-refractivity contribution >= 4 is 0 Å². The van der Waals surface area contributed by atoms with Crippen LogP contribution in [0.2, 0.25) is 0 Å². The minimum absolute atomic E-state index is 0.668. The summed E-state index contributed by atoms with van der Waals surface area (Å²) in [5.41, 5.74) is 8.31. The van der Waals surface area contributed by atoms with Crippen molar-refractivity contribution in [3.8, 4) is 11.3 Å². The van der Waals surface area contributed by atoms with E-state index >= 15 is 0 Å². The van der Waals surface area contributed by atoms with Crippen LogP contribution in [0.25, 0.3) is 11.3 Å². The Morgan fingerprint density at radius 2 is 2.19 bits per heavy atom. The van der Waals surface area contributed by atoms with E-state index in [9.17, 15) is 0 Å². The van der Waals surface area contributed by atoms with Gasteiger partial charge < -0.3 is 5.73 Å². The predicted molar refractivity (Wildman–Crippen MR) is 60.6 cm³/mol. The van der Waals surface area contributed by atoms with Gasteiger partial charge in [-0.05, 0) is 19.9 Å². The van der Waals surface area contributed by atoms with Gasteiger partial charge in [0.25, 0.3) is 0 Å². The highest BCUT2D eigenvalue weighted by Crippen LogP contribution is 2.18. The summed E-state index contributed by atoms with van der Waals surface area (Å²) in [7, 11) is 1.90. The van der Waals surface area contributed by atoms with Crippen LogP contribution in [0.15, 0.2) is 12.4 Å². The molecule has 0 saturated heterocycles. The smallest absolute Gasteiger partial charge is 0.116 e. The van der Waals surface area contributed by atoms with E-state index in [1.165, 1.54) is 0 Å². The molecule has 0 aliphatic rings. The zero-order chi connectivity index (χ0) is 11.5. The molecule has 2 N–H and O–H groups in total. The Balaban J connectivity index is 2.21. The Labute approximate surface area is 94.1 Å². The number of aromatic nitrogens is 5. The molecule has 0 bridgehead atoms. The molecule has 0 saturated carbocycles. The van der Waals surface area contributed by atoms with Crippen LogP contribution >= 0.6 is 0 Å². The summed E-state index contributed by atoms with van der Waals surface area (Å²) >= 11 is 0. The molecule has 2 aromatic heterocycles. The Hall–Kier alpha value is -1.69. The molecule has 86 valence electrons. The monoisotopic (exact) mass is 220 g/mol. The second-order valence-corrected chi connectivity index (χ2v) is 3.81. The highest BCUT2D eigenvalue weighted by Gasteiger charge is 2.09. The maximum Gasteiger partial charge on any atom is 0.116 e. The van der Waals surface area contributed by atoms with E-state index in [2.05, 4.69) is 15.4 Å². The lowest BCUT2D eigenvalue weighted by molar-refractivity contribution is 0.564. The lowest BCUT2D eigenvalue weighted by atomic mass is 10.2. The van der Waals surface area contributed by atoms with Gasteiger partial charge in [0.2, 0.25) is 0 Å². The third-order valence-electron chi connectivity index (χ3n) is 2.42. The molecule has 2 heterocycles. The Morgan fingerprint density at radius 1 is 1.38 bits per heavy atom. The molecule has 0 radical (unpaired) electrons. The first-order valence-corrected chi connectivity index (χ1v) is 5.31. The molecule has 0 atom stereocenters. The Bertz CT molecular complexity index is 469. The molecule has 6 nitrogen and oxygen atoms in total. The van der Waals surface area contributed by atoms with E-state index in [1.807, 2.05) is 31.0 Å².